The van der Waals surface area contributed by atoms with Crippen molar-refractivity contribution in [3.8, 4) is 0 Å². The van der Waals surface area contributed by atoms with Crippen LogP contribution in [0.1, 0.15) is 40.2 Å². The minimum Gasteiger partial charge on any atom is -0.461 e. The molecular formula is C17H17N3O2. The maximum Gasteiger partial charge on any atom is 0.280 e. The maximum atomic E-state index is 12.9. The molecule has 0 amide bonds. The van der Waals surface area contributed by atoms with Crippen LogP contribution >= 0.6 is 0 Å². The summed E-state index contributed by atoms with van der Waals surface area (Å²) in [5.74, 6) is 1.07. The number of carbonyl (C=O) groups excluding carboxylic acids is 1. The van der Waals surface area contributed by atoms with Gasteiger partial charge in [0.25, 0.3) is 5.91 Å². The topological polar surface area (TPSA) is 74.0 Å². The Kier molecular flexibility index (Phi) is 2.82. The predicted molar refractivity (Wildman–Crippen MR) is 84.0 cm³/mol. The summed E-state index contributed by atoms with van der Waals surface area (Å²) in [4.78, 5) is 12.9. The molecule has 1 aliphatic rings. The molecule has 0 unspecified atom stereocenters. The molecule has 0 bridgehead atoms. The predicted octanol–water partition coefficient (Wildman–Crippen LogP) is 3.09. The summed E-state index contributed by atoms with van der Waals surface area (Å²) < 4.78 is 6.95. The van der Waals surface area contributed by atoms with Crippen LogP contribution in [-0.4, -0.2) is 15.7 Å². The first-order chi connectivity index (χ1) is 10.6. The van der Waals surface area contributed by atoms with Crippen molar-refractivity contribution < 1.29 is 9.21 Å². The number of carbonyl (C=O) groups is 1. The van der Waals surface area contributed by atoms with Gasteiger partial charge in [-0.1, -0.05) is 6.07 Å². The molecule has 0 aliphatic heterocycles. The average molecular weight is 295 g/mol. The number of nitrogens with two attached hydrogens (primary N) is 1. The lowest BCUT2D eigenvalue weighted by molar-refractivity contribution is 0.0949. The Labute approximate surface area is 127 Å². The highest BCUT2D eigenvalue weighted by Gasteiger charge is 2.24. The molecule has 0 spiro atoms. The molecule has 2 aromatic heterocycles. The van der Waals surface area contributed by atoms with Gasteiger partial charge < -0.3 is 10.2 Å². The van der Waals surface area contributed by atoms with Gasteiger partial charge in [0.15, 0.2) is 0 Å². The van der Waals surface area contributed by atoms with Gasteiger partial charge in [0, 0.05) is 10.9 Å². The van der Waals surface area contributed by atoms with Gasteiger partial charge in [-0.05, 0) is 50.8 Å². The minimum absolute atomic E-state index is 0.196. The van der Waals surface area contributed by atoms with E-state index in [1.54, 1.807) is 6.07 Å². The summed E-state index contributed by atoms with van der Waals surface area (Å²) in [6.45, 7) is 1.87. The van der Waals surface area contributed by atoms with E-state index in [0.717, 1.165) is 48.1 Å². The number of furan rings is 1. The smallest absolute Gasteiger partial charge is 0.280 e. The lowest BCUT2D eigenvalue weighted by atomic mass is 9.98. The Morgan fingerprint density at radius 1 is 1.32 bits per heavy atom. The van der Waals surface area contributed by atoms with E-state index < -0.39 is 0 Å². The third-order valence-corrected chi connectivity index (χ3v) is 4.30. The van der Waals surface area contributed by atoms with Gasteiger partial charge in [-0.25, -0.2) is 0 Å². The fourth-order valence-corrected chi connectivity index (χ4v) is 3.22. The fourth-order valence-electron chi connectivity index (χ4n) is 3.22. The summed E-state index contributed by atoms with van der Waals surface area (Å²) in [5, 5.41) is 5.26. The van der Waals surface area contributed by atoms with E-state index >= 15 is 0 Å². The summed E-state index contributed by atoms with van der Waals surface area (Å²) >= 11 is 0. The van der Waals surface area contributed by atoms with Gasteiger partial charge in [-0.15, -0.1) is 0 Å². The number of aromatic nitrogens is 2. The number of hydrogen-bond acceptors (Lipinski definition) is 4. The van der Waals surface area contributed by atoms with Gasteiger partial charge in [0.1, 0.15) is 17.2 Å². The lowest BCUT2D eigenvalue weighted by Gasteiger charge is -2.08. The maximum absolute atomic E-state index is 12.9. The van der Waals surface area contributed by atoms with Crippen molar-refractivity contribution in [3.63, 3.8) is 0 Å². The molecule has 1 aromatic carbocycles. The Bertz CT molecular complexity index is 889. The molecule has 0 fully saturated rings. The zero-order valence-electron chi connectivity index (χ0n) is 12.4. The highest BCUT2D eigenvalue weighted by atomic mass is 16.3. The molecule has 1 aliphatic carbocycles. The highest BCUT2D eigenvalue weighted by molar-refractivity contribution is 6.07. The molecule has 0 saturated heterocycles. The summed E-state index contributed by atoms with van der Waals surface area (Å²) in [6.07, 6.45) is 4.01. The molecule has 3 aromatic rings. The largest absolute Gasteiger partial charge is 0.461 e. The van der Waals surface area contributed by atoms with Gasteiger partial charge in [0.2, 0.25) is 0 Å². The molecule has 5 heteroatoms. The second-order valence-corrected chi connectivity index (χ2v) is 5.81. The quantitative estimate of drug-likeness (QED) is 0.748. The first kappa shape index (κ1) is 13.1. The zero-order valence-corrected chi connectivity index (χ0v) is 12.4. The van der Waals surface area contributed by atoms with Crippen LogP contribution < -0.4 is 5.73 Å². The lowest BCUT2D eigenvalue weighted by Crippen LogP contribution is -2.16. The monoisotopic (exact) mass is 295 g/mol. The first-order valence-corrected chi connectivity index (χ1v) is 7.55. The van der Waals surface area contributed by atoms with E-state index in [2.05, 4.69) is 5.10 Å². The fraction of sp³-hybridized carbons (Fsp3) is 0.294. The van der Waals surface area contributed by atoms with Crippen LogP contribution in [0.4, 0.5) is 5.82 Å². The van der Waals surface area contributed by atoms with Crippen molar-refractivity contribution >= 4 is 22.7 Å². The molecule has 4 rings (SSSR count). The third kappa shape index (κ3) is 1.85. The van der Waals surface area contributed by atoms with Crippen molar-refractivity contribution in [3.05, 3.63) is 46.8 Å². The Morgan fingerprint density at radius 2 is 2.14 bits per heavy atom. The standard InChI is InChI=1S/C17H17N3O2/c1-10-9-13-11(6-4-8-15(13)22-10)17(21)20-16(18)12-5-2-3-7-14(12)19-20/h4,6,8-9H,2-3,5,7,18H2,1H3. The van der Waals surface area contributed by atoms with E-state index in [1.165, 1.54) is 4.68 Å². The first-order valence-electron chi connectivity index (χ1n) is 7.55. The van der Waals surface area contributed by atoms with Crippen LogP contribution in [0.3, 0.4) is 0 Å². The van der Waals surface area contributed by atoms with E-state index in [9.17, 15) is 4.79 Å². The number of nitrogens with zero attached hydrogens (tertiary/aromatic N) is 2. The van der Waals surface area contributed by atoms with Gasteiger partial charge >= 0.3 is 0 Å². The van der Waals surface area contributed by atoms with E-state index in [0.29, 0.717) is 17.0 Å². The van der Waals surface area contributed by atoms with Gasteiger partial charge in [0.05, 0.1) is 11.3 Å². The molecule has 0 saturated carbocycles. The van der Waals surface area contributed by atoms with Crippen LogP contribution in [-0.2, 0) is 12.8 Å². The van der Waals surface area contributed by atoms with Crippen molar-refractivity contribution in [1.29, 1.82) is 0 Å². The van der Waals surface area contributed by atoms with Crippen LogP contribution in [0.2, 0.25) is 0 Å². The van der Waals surface area contributed by atoms with E-state index in [1.807, 2.05) is 25.1 Å². The molecule has 112 valence electrons. The van der Waals surface area contributed by atoms with Crippen molar-refractivity contribution in [2.24, 2.45) is 0 Å². The summed E-state index contributed by atoms with van der Waals surface area (Å²) in [7, 11) is 0. The SMILES string of the molecule is Cc1cc2c(C(=O)n3nc4c(c3N)CCCC4)cccc2o1. The molecule has 2 N–H and O–H groups in total. The minimum atomic E-state index is -0.196. The number of aryl methyl sites for hydroxylation is 2. The molecule has 5 nitrogen and oxygen atoms in total. The van der Waals surface area contributed by atoms with Crippen LogP contribution in [0.5, 0.6) is 0 Å². The number of anilines is 1. The second-order valence-electron chi connectivity index (χ2n) is 5.81. The number of hydrogen-bond donors (Lipinski definition) is 1. The van der Waals surface area contributed by atoms with Crippen molar-refractivity contribution in [1.82, 2.24) is 9.78 Å². The number of rotatable bonds is 1. The molecule has 0 radical (unpaired) electrons. The van der Waals surface area contributed by atoms with Crippen molar-refractivity contribution in [2.45, 2.75) is 32.6 Å². The molecular weight excluding hydrogens is 278 g/mol. The second kappa shape index (κ2) is 4.73. The van der Waals surface area contributed by atoms with Gasteiger partial charge in [-0.2, -0.15) is 9.78 Å². The van der Waals surface area contributed by atoms with Crippen LogP contribution in [0, 0.1) is 6.92 Å². The Hall–Kier alpha value is -2.56. The molecule has 22 heavy (non-hydrogen) atoms. The molecule has 0 atom stereocenters. The van der Waals surface area contributed by atoms with Gasteiger partial charge in [-0.3, -0.25) is 4.79 Å². The van der Waals surface area contributed by atoms with Crippen LogP contribution in [0.15, 0.2) is 28.7 Å². The summed E-state index contributed by atoms with van der Waals surface area (Å²) in [5.41, 5.74) is 9.45. The Balaban J connectivity index is 1.85. The Morgan fingerprint density at radius 3 is 2.95 bits per heavy atom. The van der Waals surface area contributed by atoms with E-state index in [-0.39, 0.29) is 5.91 Å². The number of fused-ring (bicyclic) bond motifs is 2. The normalized spacial score (nSPS) is 14.2. The number of nitrogen functional groups attached to an aromatic ring is 1. The number of benzene rings is 1. The average Bonchev–Trinajstić information content (AvgIpc) is 3.06. The third-order valence-electron chi connectivity index (χ3n) is 4.30. The summed E-state index contributed by atoms with van der Waals surface area (Å²) in [6, 6.07) is 7.34. The van der Waals surface area contributed by atoms with Crippen molar-refractivity contribution in [2.75, 3.05) is 5.73 Å². The zero-order chi connectivity index (χ0) is 15.3. The van der Waals surface area contributed by atoms with Crippen LogP contribution in [0.25, 0.3) is 11.0 Å². The van der Waals surface area contributed by atoms with E-state index in [4.69, 9.17) is 10.2 Å². The molecule has 2 heterocycles. The highest BCUT2D eigenvalue weighted by Crippen LogP contribution is 2.28.